The van der Waals surface area contributed by atoms with Crippen LogP contribution < -0.4 is 10.9 Å². The third-order valence-corrected chi connectivity index (χ3v) is 4.03. The molecule has 0 aliphatic carbocycles. The van der Waals surface area contributed by atoms with Crippen molar-refractivity contribution in [2.45, 2.75) is 19.9 Å². The maximum absolute atomic E-state index is 12.2. The van der Waals surface area contributed by atoms with Crippen LogP contribution in [0.25, 0.3) is 11.0 Å². The first-order valence-corrected chi connectivity index (χ1v) is 8.25. The molecule has 0 saturated carbocycles. The molecule has 0 unspecified atom stereocenters. The van der Waals surface area contributed by atoms with Gasteiger partial charge in [-0.2, -0.15) is 0 Å². The molecule has 128 valence electrons. The lowest BCUT2D eigenvalue weighted by Crippen LogP contribution is -2.43. The highest BCUT2D eigenvalue weighted by atomic mass is 35.5. The normalized spacial score (nSPS) is 10.6. The van der Waals surface area contributed by atoms with Crippen LogP contribution in [-0.4, -0.2) is 21.4 Å². The molecule has 2 amide bonds. The summed E-state index contributed by atoms with van der Waals surface area (Å²) < 4.78 is 1.85. The Morgan fingerprint density at radius 3 is 2.52 bits per heavy atom. The number of aromatic nitrogens is 2. The summed E-state index contributed by atoms with van der Waals surface area (Å²) in [6.45, 7) is 2.06. The van der Waals surface area contributed by atoms with E-state index < -0.39 is 5.91 Å². The number of benzene rings is 2. The molecule has 2 aromatic carbocycles. The number of amides is 2. The van der Waals surface area contributed by atoms with E-state index in [0.29, 0.717) is 17.0 Å². The fraction of sp³-hybridized carbons (Fsp3) is 0.167. The van der Waals surface area contributed by atoms with Crippen molar-refractivity contribution in [3.05, 3.63) is 64.9 Å². The molecule has 3 rings (SSSR count). The number of hydrogen-bond acceptors (Lipinski definition) is 3. The van der Waals surface area contributed by atoms with Crippen molar-refractivity contribution >= 4 is 34.4 Å². The van der Waals surface area contributed by atoms with Gasteiger partial charge in [0.1, 0.15) is 12.4 Å². The van der Waals surface area contributed by atoms with Gasteiger partial charge in [0, 0.05) is 17.0 Å². The van der Waals surface area contributed by atoms with E-state index in [1.807, 2.05) is 35.8 Å². The van der Waals surface area contributed by atoms with Gasteiger partial charge in [-0.1, -0.05) is 30.7 Å². The highest BCUT2D eigenvalue weighted by Gasteiger charge is 2.13. The number of carbonyl (C=O) groups excluding carboxylic acids is 2. The van der Waals surface area contributed by atoms with Crippen LogP contribution in [0.3, 0.4) is 0 Å². The summed E-state index contributed by atoms with van der Waals surface area (Å²) >= 11 is 5.79. The predicted octanol–water partition coefficient (Wildman–Crippen LogP) is 2.71. The third-order valence-electron chi connectivity index (χ3n) is 3.77. The molecular formula is C18H17ClN4O2. The van der Waals surface area contributed by atoms with E-state index in [1.54, 1.807) is 24.3 Å². The van der Waals surface area contributed by atoms with Gasteiger partial charge in [-0.15, -0.1) is 0 Å². The lowest BCUT2D eigenvalue weighted by molar-refractivity contribution is -0.122. The minimum Gasteiger partial charge on any atom is -0.318 e. The zero-order valence-electron chi connectivity index (χ0n) is 13.6. The van der Waals surface area contributed by atoms with Crippen molar-refractivity contribution in [2.75, 3.05) is 0 Å². The second kappa shape index (κ2) is 7.36. The van der Waals surface area contributed by atoms with Crippen LogP contribution in [0.4, 0.5) is 0 Å². The van der Waals surface area contributed by atoms with Crippen molar-refractivity contribution in [1.82, 2.24) is 20.4 Å². The SMILES string of the molecule is CCc1nc2ccccc2n1CC(=O)NNC(=O)c1ccc(Cl)cc1. The van der Waals surface area contributed by atoms with Crippen molar-refractivity contribution in [3.8, 4) is 0 Å². The molecule has 0 radical (unpaired) electrons. The van der Waals surface area contributed by atoms with Gasteiger partial charge < -0.3 is 4.57 Å². The number of para-hydroxylation sites is 2. The molecule has 0 atom stereocenters. The van der Waals surface area contributed by atoms with Crippen LogP contribution in [0.5, 0.6) is 0 Å². The molecule has 0 aliphatic rings. The third kappa shape index (κ3) is 3.80. The molecule has 7 heteroatoms. The fourth-order valence-electron chi connectivity index (χ4n) is 2.55. The molecule has 3 aromatic rings. The van der Waals surface area contributed by atoms with Crippen LogP contribution in [-0.2, 0) is 17.8 Å². The lowest BCUT2D eigenvalue weighted by Gasteiger charge is -2.10. The van der Waals surface area contributed by atoms with Gasteiger partial charge in [-0.3, -0.25) is 20.4 Å². The minimum atomic E-state index is -0.406. The Morgan fingerprint density at radius 1 is 1.08 bits per heavy atom. The Bertz CT molecular complexity index is 918. The number of nitrogens with one attached hydrogen (secondary N) is 2. The first-order valence-electron chi connectivity index (χ1n) is 7.87. The standard InChI is InChI=1S/C18H17ClN4O2/c1-2-16-20-14-5-3-4-6-15(14)23(16)11-17(24)21-22-18(25)12-7-9-13(19)10-8-12/h3-10H,2,11H2,1H3,(H,21,24)(H,22,25). The molecule has 2 N–H and O–H groups in total. The average molecular weight is 357 g/mol. The van der Waals surface area contributed by atoms with Crippen molar-refractivity contribution < 1.29 is 9.59 Å². The molecule has 1 heterocycles. The predicted molar refractivity (Wildman–Crippen MR) is 96.2 cm³/mol. The first-order chi connectivity index (χ1) is 12.1. The number of carbonyl (C=O) groups is 2. The Balaban J connectivity index is 1.67. The van der Waals surface area contributed by atoms with Crippen molar-refractivity contribution in [1.29, 1.82) is 0 Å². The highest BCUT2D eigenvalue weighted by molar-refractivity contribution is 6.30. The van der Waals surface area contributed by atoms with E-state index >= 15 is 0 Å². The lowest BCUT2D eigenvalue weighted by atomic mass is 10.2. The monoisotopic (exact) mass is 356 g/mol. The molecule has 6 nitrogen and oxygen atoms in total. The maximum Gasteiger partial charge on any atom is 0.269 e. The summed E-state index contributed by atoms with van der Waals surface area (Å²) in [5.41, 5.74) is 6.97. The second-order valence-corrected chi connectivity index (χ2v) is 5.90. The van der Waals surface area contributed by atoms with Gasteiger partial charge in [-0.05, 0) is 36.4 Å². The van der Waals surface area contributed by atoms with Crippen molar-refractivity contribution in [3.63, 3.8) is 0 Å². The summed E-state index contributed by atoms with van der Waals surface area (Å²) in [5, 5.41) is 0.541. The molecule has 0 saturated heterocycles. The highest BCUT2D eigenvalue weighted by Crippen LogP contribution is 2.16. The van der Waals surface area contributed by atoms with E-state index in [4.69, 9.17) is 11.6 Å². The van der Waals surface area contributed by atoms with Gasteiger partial charge in [0.15, 0.2) is 0 Å². The van der Waals surface area contributed by atoms with Crippen LogP contribution in [0, 0.1) is 0 Å². The van der Waals surface area contributed by atoms with E-state index in [1.165, 1.54) is 0 Å². The Kier molecular flexibility index (Phi) is 5.00. The Labute approximate surface area is 149 Å². The fourth-order valence-corrected chi connectivity index (χ4v) is 2.68. The molecule has 0 bridgehead atoms. The summed E-state index contributed by atoms with van der Waals surface area (Å²) in [4.78, 5) is 28.7. The van der Waals surface area contributed by atoms with Gasteiger partial charge in [0.25, 0.3) is 11.8 Å². The average Bonchev–Trinajstić information content (AvgIpc) is 2.98. The van der Waals surface area contributed by atoms with Gasteiger partial charge in [0.05, 0.1) is 11.0 Å². The smallest absolute Gasteiger partial charge is 0.269 e. The van der Waals surface area contributed by atoms with Gasteiger partial charge in [0.2, 0.25) is 0 Å². The molecular weight excluding hydrogens is 340 g/mol. The number of rotatable bonds is 4. The van der Waals surface area contributed by atoms with Crippen LogP contribution in [0.2, 0.25) is 5.02 Å². The number of aryl methyl sites for hydroxylation is 1. The molecule has 25 heavy (non-hydrogen) atoms. The number of hydrogen-bond donors (Lipinski definition) is 2. The molecule has 0 fully saturated rings. The van der Waals surface area contributed by atoms with E-state index in [9.17, 15) is 9.59 Å². The second-order valence-electron chi connectivity index (χ2n) is 5.47. The summed E-state index contributed by atoms with van der Waals surface area (Å²) in [7, 11) is 0. The quantitative estimate of drug-likeness (QED) is 0.706. The van der Waals surface area contributed by atoms with Gasteiger partial charge in [-0.25, -0.2) is 4.98 Å². The Morgan fingerprint density at radius 2 is 1.80 bits per heavy atom. The van der Waals surface area contributed by atoms with Crippen LogP contribution in [0.15, 0.2) is 48.5 Å². The zero-order valence-corrected chi connectivity index (χ0v) is 14.4. The maximum atomic E-state index is 12.2. The molecule has 0 spiro atoms. The van der Waals surface area contributed by atoms with E-state index in [0.717, 1.165) is 16.9 Å². The minimum absolute atomic E-state index is 0.0740. The number of nitrogens with zero attached hydrogens (tertiary/aromatic N) is 2. The number of halogens is 1. The molecule has 0 aliphatic heterocycles. The van der Waals surface area contributed by atoms with Crippen LogP contribution in [0.1, 0.15) is 23.1 Å². The summed E-state index contributed by atoms with van der Waals surface area (Å²) in [6.07, 6.45) is 0.707. The van der Waals surface area contributed by atoms with E-state index in [-0.39, 0.29) is 12.5 Å². The zero-order chi connectivity index (χ0) is 17.8. The Hall–Kier alpha value is -2.86. The number of imidazole rings is 1. The number of fused-ring (bicyclic) bond motifs is 1. The van der Waals surface area contributed by atoms with Crippen molar-refractivity contribution in [2.24, 2.45) is 0 Å². The summed E-state index contributed by atoms with van der Waals surface area (Å²) in [6, 6.07) is 14.0. The first kappa shape index (κ1) is 17.0. The topological polar surface area (TPSA) is 76.0 Å². The summed E-state index contributed by atoms with van der Waals surface area (Å²) in [5.74, 6) is 0.0803. The van der Waals surface area contributed by atoms with E-state index in [2.05, 4.69) is 15.8 Å². The largest absolute Gasteiger partial charge is 0.318 e. The molecule has 1 aromatic heterocycles. The van der Waals surface area contributed by atoms with Crippen LogP contribution >= 0.6 is 11.6 Å². The van der Waals surface area contributed by atoms with Gasteiger partial charge >= 0.3 is 0 Å². The number of hydrazine groups is 1.